The highest BCUT2D eigenvalue weighted by molar-refractivity contribution is 6.35. The predicted octanol–water partition coefficient (Wildman–Crippen LogP) is 5.98. The molecule has 0 saturated carbocycles. The summed E-state index contributed by atoms with van der Waals surface area (Å²) in [5.41, 5.74) is 4.08. The number of amides is 3. The van der Waals surface area contributed by atoms with E-state index in [2.05, 4.69) is 20.9 Å². The molecule has 0 aliphatic carbocycles. The Morgan fingerprint density at radius 3 is 2.46 bits per heavy atom. The lowest BCUT2D eigenvalue weighted by Crippen LogP contribution is -2.55. The molecule has 2 fully saturated rings. The van der Waals surface area contributed by atoms with E-state index in [9.17, 15) is 23.2 Å². The summed E-state index contributed by atoms with van der Waals surface area (Å²) in [4.78, 5) is 43.4. The molecule has 4 N–H and O–H groups in total. The van der Waals surface area contributed by atoms with Crippen LogP contribution < -0.4 is 16.0 Å². The molecule has 8 nitrogen and oxygen atoms in total. The number of quaternary nitrogens is 1. The molecular formula is C35H39ClF2N5O3+. The quantitative estimate of drug-likeness (QED) is 0.150. The topological polar surface area (TPSA) is 103 Å². The average Bonchev–Trinajstić information content (AvgIpc) is 3.52. The van der Waals surface area contributed by atoms with Crippen LogP contribution >= 0.6 is 11.6 Å². The second kappa shape index (κ2) is 12.7. The number of nitrogens with one attached hydrogen (secondary N) is 4. The van der Waals surface area contributed by atoms with Crippen molar-refractivity contribution in [3.05, 3.63) is 86.2 Å². The van der Waals surface area contributed by atoms with E-state index in [4.69, 9.17) is 11.6 Å². The van der Waals surface area contributed by atoms with Crippen LogP contribution in [0.15, 0.2) is 30.3 Å². The van der Waals surface area contributed by atoms with E-state index in [-0.39, 0.29) is 28.0 Å². The van der Waals surface area contributed by atoms with Crippen molar-refractivity contribution in [2.75, 3.05) is 38.5 Å². The van der Waals surface area contributed by atoms with Gasteiger partial charge in [-0.15, -0.1) is 0 Å². The van der Waals surface area contributed by atoms with Crippen molar-refractivity contribution in [3.63, 3.8) is 0 Å². The lowest BCUT2D eigenvalue weighted by molar-refractivity contribution is -0.835. The van der Waals surface area contributed by atoms with E-state index >= 15 is 0 Å². The lowest BCUT2D eigenvalue weighted by atomic mass is 9.78. The molecule has 3 amide bonds. The summed E-state index contributed by atoms with van der Waals surface area (Å²) < 4.78 is 28.8. The Morgan fingerprint density at radius 2 is 1.74 bits per heavy atom. The Bertz CT molecular complexity index is 1750. The highest BCUT2D eigenvalue weighted by atomic mass is 35.5. The van der Waals surface area contributed by atoms with E-state index < -0.39 is 24.1 Å². The normalized spacial score (nSPS) is 22.5. The van der Waals surface area contributed by atoms with E-state index in [0.29, 0.717) is 38.5 Å². The molecule has 11 heteroatoms. The maximum Gasteiger partial charge on any atom is 0.347 e. The first kappa shape index (κ1) is 32.1. The minimum absolute atomic E-state index is 0.0856. The minimum Gasteiger partial charge on any atom is -0.358 e. The largest absolute Gasteiger partial charge is 0.358 e. The number of carbonyl (C=O) groups excluding carboxylic acids is 3. The lowest BCUT2D eigenvalue weighted by Gasteiger charge is -2.41. The summed E-state index contributed by atoms with van der Waals surface area (Å²) in [5.74, 6) is -1.16. The van der Waals surface area contributed by atoms with Gasteiger partial charge in [-0.25, -0.2) is 13.6 Å². The number of nitrogens with zero attached hydrogens (tertiary/aromatic N) is 1. The molecule has 46 heavy (non-hydrogen) atoms. The van der Waals surface area contributed by atoms with E-state index in [1.165, 1.54) is 18.9 Å². The van der Waals surface area contributed by atoms with Crippen molar-refractivity contribution < 1.29 is 27.6 Å². The summed E-state index contributed by atoms with van der Waals surface area (Å²) in [5, 5.41) is 8.56. The number of likely N-dealkylation sites (tertiary alicyclic amines) is 1. The molecule has 0 atom stereocenters. The van der Waals surface area contributed by atoms with E-state index in [0.717, 1.165) is 68.3 Å². The number of hydrogen-bond acceptors (Lipinski definition) is 4. The fourth-order valence-electron chi connectivity index (χ4n) is 7.28. The second-order valence-corrected chi connectivity index (χ2v) is 13.4. The first-order valence-corrected chi connectivity index (χ1v) is 16.2. The first-order valence-electron chi connectivity index (χ1n) is 15.8. The van der Waals surface area contributed by atoms with E-state index in [1.54, 1.807) is 18.2 Å². The van der Waals surface area contributed by atoms with Gasteiger partial charge in [0.1, 0.15) is 17.2 Å². The molecule has 242 valence electrons. The van der Waals surface area contributed by atoms with Crippen LogP contribution in [0.2, 0.25) is 5.02 Å². The van der Waals surface area contributed by atoms with Crippen LogP contribution in [0.1, 0.15) is 74.5 Å². The monoisotopic (exact) mass is 650 g/mol. The zero-order chi connectivity index (χ0) is 32.7. The van der Waals surface area contributed by atoms with Gasteiger partial charge in [0.25, 0.3) is 11.8 Å². The number of fused-ring (bicyclic) bond motifs is 1. The van der Waals surface area contributed by atoms with Gasteiger partial charge in [-0.2, -0.15) is 0 Å². The standard InChI is InChI=1S/C35H38ClF2N5O3/c1-19-30(41-20(2)31(19)35(46)43(3)14-10-22(11-15-43)21-8-12-39-13-9-21)17-25-24-16-23(4-7-29(24)42-34(25)45)33(44)40-18-26-28(37)6-5-27(36)32(26)38/h4-7,16-17,21-22,39H,8-15,18H2,1-3H3,(H2-,40,41,42,44,45,46)/p+1. The number of H-pyrrole nitrogens is 1. The maximum atomic E-state index is 14.3. The van der Waals surface area contributed by atoms with Gasteiger partial charge in [0.2, 0.25) is 0 Å². The first-order chi connectivity index (χ1) is 22.0. The van der Waals surface area contributed by atoms with Crippen LogP contribution in [0.4, 0.5) is 14.5 Å². The van der Waals surface area contributed by atoms with Crippen LogP contribution in [-0.2, 0) is 11.3 Å². The molecule has 2 aromatic carbocycles. The minimum atomic E-state index is -0.928. The molecule has 6 rings (SSSR count). The number of carbonyl (C=O) groups is 3. The highest BCUT2D eigenvalue weighted by Gasteiger charge is 2.41. The third-order valence-corrected chi connectivity index (χ3v) is 10.4. The number of halogens is 3. The van der Waals surface area contributed by atoms with E-state index in [1.807, 2.05) is 20.9 Å². The molecule has 0 unspecified atom stereocenters. The van der Waals surface area contributed by atoms with Gasteiger partial charge in [-0.05, 0) is 93.6 Å². The maximum absolute atomic E-state index is 14.3. The van der Waals surface area contributed by atoms with Crippen LogP contribution in [0, 0.1) is 37.3 Å². The molecule has 3 aromatic rings. The number of aromatic nitrogens is 1. The third kappa shape index (κ3) is 6.01. The smallest absolute Gasteiger partial charge is 0.347 e. The Labute approximate surface area is 272 Å². The molecule has 3 aliphatic heterocycles. The average molecular weight is 651 g/mol. The number of aromatic amines is 1. The molecule has 2 saturated heterocycles. The van der Waals surface area contributed by atoms with Gasteiger partial charge in [-0.1, -0.05) is 11.6 Å². The van der Waals surface area contributed by atoms with Crippen molar-refractivity contribution in [3.8, 4) is 0 Å². The number of hydrogen-bond donors (Lipinski definition) is 4. The summed E-state index contributed by atoms with van der Waals surface area (Å²) in [6, 6.07) is 6.86. The van der Waals surface area contributed by atoms with Crippen molar-refractivity contribution in [1.29, 1.82) is 0 Å². The molecular weight excluding hydrogens is 612 g/mol. The highest BCUT2D eigenvalue weighted by Crippen LogP contribution is 2.37. The van der Waals surface area contributed by atoms with Crippen LogP contribution in [0.25, 0.3) is 11.6 Å². The van der Waals surface area contributed by atoms with Crippen molar-refractivity contribution in [1.82, 2.24) is 15.6 Å². The zero-order valence-electron chi connectivity index (χ0n) is 26.3. The Morgan fingerprint density at radius 1 is 1.04 bits per heavy atom. The van der Waals surface area contributed by atoms with Gasteiger partial charge in [-0.3, -0.25) is 14.1 Å². The number of piperidine rings is 2. The summed E-state index contributed by atoms with van der Waals surface area (Å²) in [6.45, 7) is 7.15. The fraction of sp³-hybridized carbons (Fsp3) is 0.400. The molecule has 0 radical (unpaired) electrons. The van der Waals surface area contributed by atoms with Gasteiger partial charge >= 0.3 is 5.91 Å². The number of aryl methyl sites for hydroxylation is 1. The van der Waals surface area contributed by atoms with Crippen molar-refractivity contribution >= 4 is 46.7 Å². The third-order valence-electron chi connectivity index (χ3n) is 10.1. The molecule has 3 aliphatic rings. The Kier molecular flexibility index (Phi) is 8.89. The molecule has 0 bridgehead atoms. The van der Waals surface area contributed by atoms with Gasteiger partial charge in [0.15, 0.2) is 0 Å². The number of anilines is 1. The molecule has 1 aromatic heterocycles. The fourth-order valence-corrected chi connectivity index (χ4v) is 7.45. The zero-order valence-corrected chi connectivity index (χ0v) is 27.0. The SMILES string of the molecule is Cc1[nH]c(/C=C2\C(=O)Nc3ccc(C(=O)NCc4c(F)ccc(Cl)c4F)cc32)c(C)c1C(=O)[N+]1(C)CCC(C2CCNCC2)CC1. The Hall–Kier alpha value is -3.86. The summed E-state index contributed by atoms with van der Waals surface area (Å²) in [7, 11) is 2.04. The van der Waals surface area contributed by atoms with Gasteiger partial charge < -0.3 is 20.9 Å². The van der Waals surface area contributed by atoms with Crippen LogP contribution in [0.3, 0.4) is 0 Å². The number of rotatable bonds is 6. The molecule has 4 heterocycles. The van der Waals surface area contributed by atoms with Crippen LogP contribution in [0.5, 0.6) is 0 Å². The predicted molar refractivity (Wildman–Crippen MR) is 174 cm³/mol. The Balaban J connectivity index is 1.21. The van der Waals surface area contributed by atoms with Gasteiger partial charge in [0, 0.05) is 53.2 Å². The molecule has 0 spiro atoms. The summed E-state index contributed by atoms with van der Waals surface area (Å²) >= 11 is 5.77. The van der Waals surface area contributed by atoms with Crippen molar-refractivity contribution in [2.24, 2.45) is 11.8 Å². The second-order valence-electron chi connectivity index (χ2n) is 13.0. The van der Waals surface area contributed by atoms with Crippen molar-refractivity contribution in [2.45, 2.75) is 46.1 Å². The van der Waals surface area contributed by atoms with Crippen LogP contribution in [-0.4, -0.2) is 60.4 Å². The number of benzene rings is 2. The van der Waals surface area contributed by atoms with Gasteiger partial charge in [0.05, 0.1) is 30.7 Å². The summed E-state index contributed by atoms with van der Waals surface area (Å²) in [6.07, 6.45) is 6.22.